The fourth-order valence-electron chi connectivity index (χ4n) is 2.58. The Morgan fingerprint density at radius 3 is 3.12 bits per heavy atom. The normalized spacial score (nSPS) is 21.8. The molecule has 1 heterocycles. The number of hydrogen-bond donors (Lipinski definition) is 1. The Labute approximate surface area is 108 Å². The van der Waals surface area contributed by atoms with Gasteiger partial charge in [-0.05, 0) is 48.4 Å². The highest BCUT2D eigenvalue weighted by molar-refractivity contribution is 9.10. The predicted molar refractivity (Wildman–Crippen MR) is 68.6 cm³/mol. The minimum absolute atomic E-state index is 0.242. The third-order valence-electron chi connectivity index (χ3n) is 3.37. The molecule has 2 aliphatic rings. The minimum atomic E-state index is -0.242. The van der Waals surface area contributed by atoms with E-state index in [1.165, 1.54) is 11.1 Å². The first kappa shape index (κ1) is 10.8. The second kappa shape index (κ2) is 4.18. The first-order valence-corrected chi connectivity index (χ1v) is 6.51. The number of fused-ring (bicyclic) bond motifs is 1. The van der Waals surface area contributed by atoms with E-state index in [-0.39, 0.29) is 6.03 Å². The van der Waals surface area contributed by atoms with Crippen molar-refractivity contribution in [3.8, 4) is 0 Å². The van der Waals surface area contributed by atoms with Crippen LogP contribution < -0.4 is 10.6 Å². The van der Waals surface area contributed by atoms with Gasteiger partial charge in [0.2, 0.25) is 0 Å². The summed E-state index contributed by atoms with van der Waals surface area (Å²) >= 11 is 3.50. The van der Waals surface area contributed by atoms with E-state index in [9.17, 15) is 4.79 Å². The lowest BCUT2D eigenvalue weighted by Gasteiger charge is -2.10. The molecule has 0 aromatic heterocycles. The molecule has 87 valence electrons. The lowest BCUT2D eigenvalue weighted by molar-refractivity contribution is 0.248. The first-order valence-electron chi connectivity index (χ1n) is 5.72. The van der Waals surface area contributed by atoms with Crippen LogP contribution in [0.25, 0.3) is 0 Å². The predicted octanol–water partition coefficient (Wildman–Crippen LogP) is 3.04. The summed E-state index contributed by atoms with van der Waals surface area (Å²) in [4.78, 5) is 11.0. The topological polar surface area (TPSA) is 43.2 Å². The fraction of sp³-hybridized carbons (Fsp3) is 0.308. The molecule has 0 saturated heterocycles. The summed E-state index contributed by atoms with van der Waals surface area (Å²) in [5.41, 5.74) is 3.70. The molecule has 3 rings (SSSR count). The van der Waals surface area contributed by atoms with Gasteiger partial charge < -0.3 is 5.32 Å². The van der Waals surface area contributed by atoms with Crippen molar-refractivity contribution in [3.63, 3.8) is 0 Å². The molecule has 17 heavy (non-hydrogen) atoms. The summed E-state index contributed by atoms with van der Waals surface area (Å²) in [5.74, 6) is 0.501. The summed E-state index contributed by atoms with van der Waals surface area (Å²) in [5, 5.41) is 6.55. The van der Waals surface area contributed by atoms with E-state index >= 15 is 0 Å². The van der Waals surface area contributed by atoms with Crippen LogP contribution in [0.4, 0.5) is 4.79 Å². The third kappa shape index (κ3) is 2.09. The van der Waals surface area contributed by atoms with E-state index in [4.69, 9.17) is 0 Å². The number of urea groups is 1. The monoisotopic (exact) mass is 291 g/mol. The van der Waals surface area contributed by atoms with E-state index in [2.05, 4.69) is 44.8 Å². The number of nitrogens with one attached hydrogen (secondary N) is 1. The highest BCUT2D eigenvalue weighted by Crippen LogP contribution is 2.38. The molecular formula is C13H12BrN2O. The standard InChI is InChI=1S/C13H12BrN2O/c14-10-3-4-12-8(5-10)1-2-9(12)6-11-7-15-13(17)16-11/h3-5,7,9H,1-2,6H2,(H,15,17). The summed E-state index contributed by atoms with van der Waals surface area (Å²) in [6, 6.07) is 6.22. The Kier molecular flexibility index (Phi) is 2.67. The first-order chi connectivity index (χ1) is 8.22. The number of carbonyl (C=O) groups excluding carboxylic acids is 1. The van der Waals surface area contributed by atoms with Crippen LogP contribution in [0.15, 0.2) is 34.6 Å². The zero-order valence-electron chi connectivity index (χ0n) is 9.24. The van der Waals surface area contributed by atoms with Gasteiger partial charge in [0.05, 0.1) is 5.70 Å². The molecule has 0 spiro atoms. The van der Waals surface area contributed by atoms with Gasteiger partial charge in [-0.15, -0.1) is 0 Å². The second-order valence-electron chi connectivity index (χ2n) is 4.48. The van der Waals surface area contributed by atoms with Gasteiger partial charge in [-0.2, -0.15) is 5.32 Å². The number of aryl methyl sites for hydroxylation is 1. The van der Waals surface area contributed by atoms with Crippen molar-refractivity contribution in [1.29, 1.82) is 0 Å². The van der Waals surface area contributed by atoms with Crippen molar-refractivity contribution in [3.05, 3.63) is 45.7 Å². The Balaban J connectivity index is 1.78. The molecule has 0 saturated carbocycles. The van der Waals surface area contributed by atoms with E-state index in [1.54, 1.807) is 6.20 Å². The Morgan fingerprint density at radius 1 is 1.47 bits per heavy atom. The molecule has 3 nitrogen and oxygen atoms in total. The highest BCUT2D eigenvalue weighted by Gasteiger charge is 2.25. The Hall–Kier alpha value is -1.29. The minimum Gasteiger partial charge on any atom is -0.311 e. The highest BCUT2D eigenvalue weighted by atomic mass is 79.9. The molecule has 1 unspecified atom stereocenters. The Morgan fingerprint density at radius 2 is 2.35 bits per heavy atom. The number of halogens is 1. The van der Waals surface area contributed by atoms with Gasteiger partial charge in [-0.3, -0.25) is 0 Å². The van der Waals surface area contributed by atoms with Gasteiger partial charge in [0, 0.05) is 10.7 Å². The number of rotatable bonds is 2. The summed E-state index contributed by atoms with van der Waals surface area (Å²) in [6.45, 7) is 0. The smallest absolute Gasteiger partial charge is 0.311 e. The van der Waals surface area contributed by atoms with Crippen LogP contribution in [0, 0.1) is 0 Å². The maximum Gasteiger partial charge on any atom is 0.345 e. The summed E-state index contributed by atoms with van der Waals surface area (Å²) < 4.78 is 1.14. The molecule has 1 aliphatic heterocycles. The SMILES string of the molecule is O=C1[N]C(CC2CCc3cc(Br)ccc32)=CN1. The van der Waals surface area contributed by atoms with Crippen molar-refractivity contribution < 1.29 is 4.79 Å². The number of carbonyl (C=O) groups is 1. The lowest BCUT2D eigenvalue weighted by atomic mass is 9.96. The van der Waals surface area contributed by atoms with Crippen LogP contribution in [0.3, 0.4) is 0 Å². The molecule has 1 aromatic carbocycles. The molecule has 1 N–H and O–H groups in total. The van der Waals surface area contributed by atoms with Gasteiger partial charge in [0.15, 0.2) is 0 Å². The quantitative estimate of drug-likeness (QED) is 0.894. The van der Waals surface area contributed by atoms with E-state index in [0.29, 0.717) is 5.92 Å². The van der Waals surface area contributed by atoms with Crippen molar-refractivity contribution in [2.45, 2.75) is 25.2 Å². The Bertz CT molecular complexity index is 510. The number of allylic oxidation sites excluding steroid dienone is 1. The van der Waals surface area contributed by atoms with Crippen LogP contribution in [0.2, 0.25) is 0 Å². The molecule has 1 aromatic rings. The van der Waals surface area contributed by atoms with Gasteiger partial charge in [-0.1, -0.05) is 22.0 Å². The van der Waals surface area contributed by atoms with Crippen LogP contribution >= 0.6 is 15.9 Å². The van der Waals surface area contributed by atoms with Crippen molar-refractivity contribution in [2.75, 3.05) is 0 Å². The molecule has 1 atom stereocenters. The van der Waals surface area contributed by atoms with Crippen LogP contribution in [-0.2, 0) is 6.42 Å². The molecule has 1 radical (unpaired) electrons. The van der Waals surface area contributed by atoms with Gasteiger partial charge in [0.25, 0.3) is 0 Å². The molecule has 0 bridgehead atoms. The number of hydrogen-bond acceptors (Lipinski definition) is 1. The average molecular weight is 292 g/mol. The molecule has 2 amide bonds. The zero-order valence-corrected chi connectivity index (χ0v) is 10.8. The second-order valence-corrected chi connectivity index (χ2v) is 5.40. The molecular weight excluding hydrogens is 280 g/mol. The van der Waals surface area contributed by atoms with Crippen LogP contribution in [0.1, 0.15) is 29.9 Å². The summed E-state index contributed by atoms with van der Waals surface area (Å²) in [6.07, 6.45) is 4.84. The third-order valence-corrected chi connectivity index (χ3v) is 3.86. The van der Waals surface area contributed by atoms with Gasteiger partial charge in [0.1, 0.15) is 0 Å². The molecule has 4 heteroatoms. The maximum absolute atomic E-state index is 11.0. The molecule has 1 aliphatic carbocycles. The van der Waals surface area contributed by atoms with E-state index in [1.807, 2.05) is 0 Å². The number of amides is 2. The number of nitrogens with zero attached hydrogens (tertiary/aromatic N) is 1. The van der Waals surface area contributed by atoms with Crippen LogP contribution in [-0.4, -0.2) is 6.03 Å². The van der Waals surface area contributed by atoms with Crippen molar-refractivity contribution >= 4 is 22.0 Å². The largest absolute Gasteiger partial charge is 0.345 e. The van der Waals surface area contributed by atoms with E-state index in [0.717, 1.165) is 29.4 Å². The fourth-order valence-corrected chi connectivity index (χ4v) is 2.99. The summed E-state index contributed by atoms with van der Waals surface area (Å²) in [7, 11) is 0. The number of benzene rings is 1. The van der Waals surface area contributed by atoms with Gasteiger partial charge in [-0.25, -0.2) is 4.79 Å². The lowest BCUT2D eigenvalue weighted by Crippen LogP contribution is -2.16. The van der Waals surface area contributed by atoms with Gasteiger partial charge >= 0.3 is 6.03 Å². The van der Waals surface area contributed by atoms with E-state index < -0.39 is 0 Å². The maximum atomic E-state index is 11.0. The average Bonchev–Trinajstić information content (AvgIpc) is 2.86. The van der Waals surface area contributed by atoms with Crippen molar-refractivity contribution in [1.82, 2.24) is 10.6 Å². The zero-order chi connectivity index (χ0) is 11.8. The van der Waals surface area contributed by atoms with Crippen molar-refractivity contribution in [2.24, 2.45) is 0 Å². The van der Waals surface area contributed by atoms with Crippen LogP contribution in [0.5, 0.6) is 0 Å². The molecule has 0 fully saturated rings.